The minimum Gasteiger partial charge on any atom is -0.396 e. The van der Waals surface area contributed by atoms with Gasteiger partial charge in [-0.2, -0.15) is 0 Å². The number of carbonyl (C=O) groups is 1. The highest BCUT2D eigenvalue weighted by molar-refractivity contribution is 5.99. The molecule has 1 heterocycles. The lowest BCUT2D eigenvalue weighted by atomic mass is 10.1. The Morgan fingerprint density at radius 1 is 1.41 bits per heavy atom. The molecule has 0 bridgehead atoms. The second-order valence-corrected chi connectivity index (χ2v) is 3.60. The summed E-state index contributed by atoms with van der Waals surface area (Å²) >= 11 is 0. The summed E-state index contributed by atoms with van der Waals surface area (Å²) < 4.78 is 13.1. The molecular weight excluding hydrogens is 221 g/mol. The number of amides is 1. The predicted octanol–water partition coefficient (Wildman–Crippen LogP) is 1.67. The Kier molecular flexibility index (Phi) is 3.09. The average molecular weight is 233 g/mol. The first-order valence-corrected chi connectivity index (χ1v) is 5.12. The van der Waals surface area contributed by atoms with E-state index in [1.165, 1.54) is 18.2 Å². The molecule has 0 saturated heterocycles. The molecule has 88 valence electrons. The molecular formula is C12H12FN3O. The van der Waals surface area contributed by atoms with Crippen molar-refractivity contribution < 1.29 is 9.18 Å². The van der Waals surface area contributed by atoms with Crippen LogP contribution in [0.15, 0.2) is 36.7 Å². The third-order valence-electron chi connectivity index (χ3n) is 2.41. The van der Waals surface area contributed by atoms with Gasteiger partial charge >= 0.3 is 0 Å². The molecule has 0 atom stereocenters. The van der Waals surface area contributed by atoms with Gasteiger partial charge < -0.3 is 16.0 Å². The molecule has 0 aliphatic carbocycles. The molecule has 0 radical (unpaired) electrons. The summed E-state index contributed by atoms with van der Waals surface area (Å²) in [6, 6.07) is 6.01. The van der Waals surface area contributed by atoms with Crippen molar-refractivity contribution in [2.24, 2.45) is 0 Å². The summed E-state index contributed by atoms with van der Waals surface area (Å²) in [5.41, 5.74) is 6.46. The van der Waals surface area contributed by atoms with Gasteiger partial charge in [0.2, 0.25) is 0 Å². The van der Waals surface area contributed by atoms with E-state index in [9.17, 15) is 9.18 Å². The summed E-state index contributed by atoms with van der Waals surface area (Å²) in [6.07, 6.45) is 3.53. The van der Waals surface area contributed by atoms with Gasteiger partial charge in [-0.25, -0.2) is 4.39 Å². The Morgan fingerprint density at radius 3 is 2.94 bits per heavy atom. The lowest BCUT2D eigenvalue weighted by Crippen LogP contribution is -2.23. The zero-order valence-electron chi connectivity index (χ0n) is 9.03. The molecule has 0 spiro atoms. The molecule has 4 N–H and O–H groups in total. The first-order chi connectivity index (χ1) is 8.18. The molecule has 0 fully saturated rings. The number of aromatic nitrogens is 1. The summed E-state index contributed by atoms with van der Waals surface area (Å²) in [7, 11) is 0. The molecule has 5 heteroatoms. The molecule has 17 heavy (non-hydrogen) atoms. The van der Waals surface area contributed by atoms with E-state index in [-0.39, 0.29) is 17.2 Å². The van der Waals surface area contributed by atoms with Gasteiger partial charge in [0.1, 0.15) is 5.82 Å². The van der Waals surface area contributed by atoms with Crippen LogP contribution in [0.1, 0.15) is 15.9 Å². The first-order valence-electron chi connectivity index (χ1n) is 5.12. The van der Waals surface area contributed by atoms with Crippen molar-refractivity contribution in [3.63, 3.8) is 0 Å². The number of nitrogens with one attached hydrogen (secondary N) is 2. The van der Waals surface area contributed by atoms with Gasteiger partial charge in [-0.05, 0) is 23.8 Å². The minimum absolute atomic E-state index is 0.126. The standard InChI is InChI=1S/C12H12FN3O/c13-10-3-1-2-9(11(10)14)12(17)16-7-8-4-5-15-6-8/h1-6,15H,7,14H2,(H,16,17). The van der Waals surface area contributed by atoms with Crippen LogP contribution in [0.4, 0.5) is 10.1 Å². The maximum Gasteiger partial charge on any atom is 0.253 e. The van der Waals surface area contributed by atoms with Gasteiger partial charge in [-0.15, -0.1) is 0 Å². The second kappa shape index (κ2) is 4.69. The fourth-order valence-corrected chi connectivity index (χ4v) is 1.48. The Labute approximate surface area is 97.6 Å². The number of benzene rings is 1. The number of aromatic amines is 1. The van der Waals surface area contributed by atoms with Gasteiger partial charge in [0.05, 0.1) is 11.3 Å². The third-order valence-corrected chi connectivity index (χ3v) is 2.41. The van der Waals surface area contributed by atoms with Crippen molar-refractivity contribution >= 4 is 11.6 Å². The van der Waals surface area contributed by atoms with Crippen molar-refractivity contribution in [2.45, 2.75) is 6.54 Å². The smallest absolute Gasteiger partial charge is 0.253 e. The molecule has 2 rings (SSSR count). The number of para-hydroxylation sites is 1. The summed E-state index contributed by atoms with van der Waals surface area (Å²) in [5, 5.41) is 2.66. The van der Waals surface area contributed by atoms with E-state index in [0.29, 0.717) is 6.54 Å². The summed E-state index contributed by atoms with van der Waals surface area (Å²) in [6.45, 7) is 0.373. The van der Waals surface area contributed by atoms with Crippen LogP contribution in [0, 0.1) is 5.82 Å². The number of anilines is 1. The Bertz CT molecular complexity index is 523. The molecule has 1 aromatic heterocycles. The first kappa shape index (κ1) is 11.2. The fraction of sp³-hybridized carbons (Fsp3) is 0.0833. The number of rotatable bonds is 3. The minimum atomic E-state index is -0.584. The van der Waals surface area contributed by atoms with Crippen LogP contribution < -0.4 is 11.1 Å². The molecule has 0 aliphatic rings. The van der Waals surface area contributed by atoms with Crippen LogP contribution in [-0.4, -0.2) is 10.9 Å². The quantitative estimate of drug-likeness (QED) is 0.705. The van der Waals surface area contributed by atoms with Gasteiger partial charge in [-0.3, -0.25) is 4.79 Å². The van der Waals surface area contributed by atoms with Gasteiger partial charge in [0, 0.05) is 18.9 Å². The van der Waals surface area contributed by atoms with E-state index < -0.39 is 5.82 Å². The second-order valence-electron chi connectivity index (χ2n) is 3.60. The topological polar surface area (TPSA) is 70.9 Å². The highest BCUT2D eigenvalue weighted by Gasteiger charge is 2.11. The van der Waals surface area contributed by atoms with E-state index >= 15 is 0 Å². The molecule has 0 unspecified atom stereocenters. The highest BCUT2D eigenvalue weighted by atomic mass is 19.1. The molecule has 2 aromatic rings. The van der Waals surface area contributed by atoms with Crippen LogP contribution in [-0.2, 0) is 6.54 Å². The molecule has 4 nitrogen and oxygen atoms in total. The van der Waals surface area contributed by atoms with E-state index in [2.05, 4.69) is 10.3 Å². The maximum absolute atomic E-state index is 13.1. The lowest BCUT2D eigenvalue weighted by molar-refractivity contribution is 0.0951. The summed E-state index contributed by atoms with van der Waals surface area (Å²) in [4.78, 5) is 14.6. The van der Waals surface area contributed by atoms with Crippen LogP contribution in [0.3, 0.4) is 0 Å². The number of nitrogen functional groups attached to an aromatic ring is 1. The van der Waals surface area contributed by atoms with E-state index in [1.807, 2.05) is 6.07 Å². The Morgan fingerprint density at radius 2 is 2.24 bits per heavy atom. The number of nitrogens with two attached hydrogens (primary N) is 1. The van der Waals surface area contributed by atoms with Crippen molar-refractivity contribution in [3.05, 3.63) is 53.6 Å². The number of halogens is 1. The zero-order valence-corrected chi connectivity index (χ0v) is 9.03. The number of hydrogen-bond acceptors (Lipinski definition) is 2. The molecule has 1 amide bonds. The van der Waals surface area contributed by atoms with Gasteiger partial charge in [-0.1, -0.05) is 6.07 Å². The number of carbonyl (C=O) groups excluding carboxylic acids is 1. The monoisotopic (exact) mass is 233 g/mol. The van der Waals surface area contributed by atoms with Crippen LogP contribution in [0.5, 0.6) is 0 Å². The third kappa shape index (κ3) is 2.44. The average Bonchev–Trinajstić information content (AvgIpc) is 2.82. The van der Waals surface area contributed by atoms with Crippen LogP contribution in [0.2, 0.25) is 0 Å². The van der Waals surface area contributed by atoms with Gasteiger partial charge in [0.25, 0.3) is 5.91 Å². The number of H-pyrrole nitrogens is 1. The maximum atomic E-state index is 13.1. The van der Waals surface area contributed by atoms with Gasteiger partial charge in [0.15, 0.2) is 0 Å². The van der Waals surface area contributed by atoms with Crippen molar-refractivity contribution in [1.82, 2.24) is 10.3 Å². The Hall–Kier alpha value is -2.30. The Balaban J connectivity index is 2.07. The SMILES string of the molecule is Nc1c(F)cccc1C(=O)NCc1cc[nH]c1. The van der Waals surface area contributed by atoms with Crippen LogP contribution in [0.25, 0.3) is 0 Å². The van der Waals surface area contributed by atoms with Crippen LogP contribution >= 0.6 is 0 Å². The zero-order chi connectivity index (χ0) is 12.3. The van der Waals surface area contributed by atoms with E-state index in [1.54, 1.807) is 12.4 Å². The van der Waals surface area contributed by atoms with E-state index in [0.717, 1.165) is 5.56 Å². The van der Waals surface area contributed by atoms with Crippen molar-refractivity contribution in [1.29, 1.82) is 0 Å². The largest absolute Gasteiger partial charge is 0.396 e. The highest BCUT2D eigenvalue weighted by Crippen LogP contribution is 2.15. The predicted molar refractivity (Wildman–Crippen MR) is 62.8 cm³/mol. The van der Waals surface area contributed by atoms with Crippen molar-refractivity contribution in [2.75, 3.05) is 5.73 Å². The van der Waals surface area contributed by atoms with Crippen molar-refractivity contribution in [3.8, 4) is 0 Å². The number of hydrogen-bond donors (Lipinski definition) is 3. The lowest BCUT2D eigenvalue weighted by Gasteiger charge is -2.07. The molecule has 0 aliphatic heterocycles. The molecule has 1 aromatic carbocycles. The fourth-order valence-electron chi connectivity index (χ4n) is 1.48. The molecule has 0 saturated carbocycles. The summed E-state index contributed by atoms with van der Waals surface area (Å²) in [5.74, 6) is -0.970. The van der Waals surface area contributed by atoms with E-state index in [4.69, 9.17) is 5.73 Å². The normalized spacial score (nSPS) is 10.2.